The van der Waals surface area contributed by atoms with Gasteiger partial charge >= 0.3 is 0 Å². The van der Waals surface area contributed by atoms with Gasteiger partial charge in [-0.1, -0.05) is 0 Å². The average Bonchev–Trinajstić information content (AvgIpc) is 2.15. The van der Waals surface area contributed by atoms with Gasteiger partial charge in [0.25, 0.3) is 0 Å². The van der Waals surface area contributed by atoms with Crippen molar-refractivity contribution >= 4 is 5.91 Å². The van der Waals surface area contributed by atoms with Crippen molar-refractivity contribution < 1.29 is 4.79 Å². The predicted molar refractivity (Wildman–Crippen MR) is 57.8 cm³/mol. The minimum Gasteiger partial charge on any atom is -0.369 e. The van der Waals surface area contributed by atoms with Crippen LogP contribution >= 0.6 is 0 Å². The van der Waals surface area contributed by atoms with Gasteiger partial charge in [-0.2, -0.15) is 0 Å². The Kier molecular flexibility index (Phi) is 1.77. The summed E-state index contributed by atoms with van der Waals surface area (Å²) in [5.41, 5.74) is 11.6. The van der Waals surface area contributed by atoms with E-state index in [1.54, 1.807) is 0 Å². The third-order valence-electron chi connectivity index (χ3n) is 5.14. The highest BCUT2D eigenvalue weighted by molar-refractivity contribution is 5.81. The molecule has 3 unspecified atom stereocenters. The summed E-state index contributed by atoms with van der Waals surface area (Å²) in [6, 6.07) is 0. The van der Waals surface area contributed by atoms with E-state index in [0.717, 1.165) is 37.6 Å². The lowest BCUT2D eigenvalue weighted by molar-refractivity contribution is -0.152. The Labute approximate surface area is 90.6 Å². The second-order valence-electron chi connectivity index (χ2n) is 6.31. The van der Waals surface area contributed by atoms with E-state index in [2.05, 4.69) is 0 Å². The van der Waals surface area contributed by atoms with Gasteiger partial charge in [-0.25, -0.2) is 0 Å². The van der Waals surface area contributed by atoms with Gasteiger partial charge in [0.15, 0.2) is 0 Å². The number of amides is 1. The molecule has 0 saturated heterocycles. The molecule has 0 aromatic rings. The standard InChI is InChI=1S/C12H20N2O/c13-7-11-2-8-1-9(3-11)5-12(4-8,6-11)10(14)15/h8-9H,1-7,13H2,(H2,14,15)/t8-,9?,11?,12?/m1/s1. The van der Waals surface area contributed by atoms with Gasteiger partial charge < -0.3 is 11.5 Å². The van der Waals surface area contributed by atoms with Crippen LogP contribution in [-0.4, -0.2) is 12.5 Å². The number of hydrogen-bond acceptors (Lipinski definition) is 2. The van der Waals surface area contributed by atoms with Gasteiger partial charge in [0.05, 0.1) is 5.41 Å². The molecule has 0 spiro atoms. The predicted octanol–water partition coefficient (Wildman–Crippen LogP) is 1.02. The van der Waals surface area contributed by atoms with Crippen LogP contribution in [0.25, 0.3) is 0 Å². The molecule has 15 heavy (non-hydrogen) atoms. The first-order valence-corrected chi connectivity index (χ1v) is 6.08. The highest BCUT2D eigenvalue weighted by Crippen LogP contribution is 2.64. The topological polar surface area (TPSA) is 69.1 Å². The summed E-state index contributed by atoms with van der Waals surface area (Å²) >= 11 is 0. The monoisotopic (exact) mass is 208 g/mol. The van der Waals surface area contributed by atoms with Gasteiger partial charge in [0, 0.05) is 0 Å². The second-order valence-corrected chi connectivity index (χ2v) is 6.31. The summed E-state index contributed by atoms with van der Waals surface area (Å²) in [6.07, 6.45) is 6.86. The van der Waals surface area contributed by atoms with Crippen LogP contribution in [0.4, 0.5) is 0 Å². The smallest absolute Gasteiger partial charge is 0.223 e. The Bertz CT molecular complexity index is 299. The highest BCUT2D eigenvalue weighted by Gasteiger charge is 2.59. The minimum atomic E-state index is -0.177. The van der Waals surface area contributed by atoms with Crippen molar-refractivity contribution in [1.29, 1.82) is 0 Å². The summed E-state index contributed by atoms with van der Waals surface area (Å²) in [6.45, 7) is 0.745. The van der Waals surface area contributed by atoms with Gasteiger partial charge in [-0.05, 0) is 62.3 Å². The summed E-state index contributed by atoms with van der Waals surface area (Å²) in [4.78, 5) is 11.7. The van der Waals surface area contributed by atoms with Gasteiger partial charge in [0.1, 0.15) is 0 Å². The van der Waals surface area contributed by atoms with E-state index in [4.69, 9.17) is 11.5 Å². The lowest BCUT2D eigenvalue weighted by Gasteiger charge is -2.60. The number of primary amides is 1. The largest absolute Gasteiger partial charge is 0.369 e. The molecule has 4 atom stereocenters. The van der Waals surface area contributed by atoms with Crippen molar-refractivity contribution in [3.63, 3.8) is 0 Å². The average molecular weight is 208 g/mol. The fraction of sp³-hybridized carbons (Fsp3) is 0.917. The summed E-state index contributed by atoms with van der Waals surface area (Å²) in [5, 5.41) is 0. The molecule has 4 rings (SSSR count). The SMILES string of the molecule is NCC12CC3C[C@H](C1)CC(C(N)=O)(C3)C2. The fourth-order valence-corrected chi connectivity index (χ4v) is 4.98. The van der Waals surface area contributed by atoms with Crippen LogP contribution in [0.15, 0.2) is 0 Å². The molecule has 0 radical (unpaired) electrons. The molecule has 0 aliphatic heterocycles. The number of nitrogens with two attached hydrogens (primary N) is 2. The summed E-state index contributed by atoms with van der Waals surface area (Å²) in [5.74, 6) is 1.39. The van der Waals surface area contributed by atoms with E-state index in [1.807, 2.05) is 0 Å². The lowest BCUT2D eigenvalue weighted by Crippen LogP contribution is -2.58. The zero-order chi connectivity index (χ0) is 10.7. The Morgan fingerprint density at radius 2 is 1.80 bits per heavy atom. The van der Waals surface area contributed by atoms with Gasteiger partial charge in [-0.15, -0.1) is 0 Å². The number of carbonyl (C=O) groups is 1. The lowest BCUT2D eigenvalue weighted by atomic mass is 9.44. The molecule has 3 nitrogen and oxygen atoms in total. The molecule has 84 valence electrons. The molecule has 4 aliphatic rings. The first-order chi connectivity index (χ1) is 7.07. The molecular weight excluding hydrogens is 188 g/mol. The van der Waals surface area contributed by atoms with Crippen LogP contribution in [0, 0.1) is 22.7 Å². The molecule has 0 heterocycles. The van der Waals surface area contributed by atoms with Gasteiger partial charge in [-0.3, -0.25) is 4.79 Å². The molecule has 1 amide bonds. The van der Waals surface area contributed by atoms with Crippen LogP contribution < -0.4 is 11.5 Å². The van der Waals surface area contributed by atoms with Crippen molar-refractivity contribution in [2.45, 2.75) is 38.5 Å². The zero-order valence-corrected chi connectivity index (χ0v) is 9.17. The molecule has 4 N–H and O–H groups in total. The molecule has 4 fully saturated rings. The Hall–Kier alpha value is -0.570. The van der Waals surface area contributed by atoms with E-state index in [0.29, 0.717) is 0 Å². The first kappa shape index (κ1) is 9.64. The summed E-state index contributed by atoms with van der Waals surface area (Å²) < 4.78 is 0. The van der Waals surface area contributed by atoms with E-state index in [-0.39, 0.29) is 16.7 Å². The third-order valence-corrected chi connectivity index (χ3v) is 5.14. The quantitative estimate of drug-likeness (QED) is 0.711. The van der Waals surface area contributed by atoms with E-state index < -0.39 is 0 Å². The van der Waals surface area contributed by atoms with Gasteiger partial charge in [0.2, 0.25) is 5.91 Å². The van der Waals surface area contributed by atoms with Crippen molar-refractivity contribution in [3.8, 4) is 0 Å². The maximum atomic E-state index is 11.7. The molecule has 0 aromatic carbocycles. The zero-order valence-electron chi connectivity index (χ0n) is 9.17. The van der Waals surface area contributed by atoms with Crippen LogP contribution in [-0.2, 0) is 4.79 Å². The Morgan fingerprint density at radius 1 is 1.20 bits per heavy atom. The Balaban J connectivity index is 1.99. The van der Waals surface area contributed by atoms with Crippen LogP contribution in [0.3, 0.4) is 0 Å². The molecule has 3 heteroatoms. The number of hydrogen-bond donors (Lipinski definition) is 2. The molecule has 4 aliphatic carbocycles. The van der Waals surface area contributed by atoms with Crippen LogP contribution in [0.1, 0.15) is 38.5 Å². The van der Waals surface area contributed by atoms with Crippen molar-refractivity contribution in [3.05, 3.63) is 0 Å². The third kappa shape index (κ3) is 1.19. The van der Waals surface area contributed by atoms with Crippen molar-refractivity contribution in [2.75, 3.05) is 6.54 Å². The fourth-order valence-electron chi connectivity index (χ4n) is 4.98. The van der Waals surface area contributed by atoms with E-state index >= 15 is 0 Å². The normalized spacial score (nSPS) is 52.1. The Morgan fingerprint density at radius 3 is 2.27 bits per heavy atom. The number of rotatable bonds is 2. The van der Waals surface area contributed by atoms with Crippen LogP contribution in [0.2, 0.25) is 0 Å². The molecular formula is C12H20N2O. The van der Waals surface area contributed by atoms with Crippen molar-refractivity contribution in [2.24, 2.45) is 34.1 Å². The second kappa shape index (κ2) is 2.76. The molecule has 4 bridgehead atoms. The number of carbonyl (C=O) groups excluding carboxylic acids is 1. The first-order valence-electron chi connectivity index (χ1n) is 6.08. The van der Waals surface area contributed by atoms with E-state index in [9.17, 15) is 4.79 Å². The maximum Gasteiger partial charge on any atom is 0.223 e. The van der Waals surface area contributed by atoms with Crippen molar-refractivity contribution in [1.82, 2.24) is 0 Å². The van der Waals surface area contributed by atoms with E-state index in [1.165, 1.54) is 19.3 Å². The maximum absolute atomic E-state index is 11.7. The highest BCUT2D eigenvalue weighted by atomic mass is 16.1. The minimum absolute atomic E-state index is 0.0607. The van der Waals surface area contributed by atoms with Crippen LogP contribution in [0.5, 0.6) is 0 Å². The molecule has 0 aromatic heterocycles. The summed E-state index contributed by atoms with van der Waals surface area (Å²) in [7, 11) is 0. The molecule has 4 saturated carbocycles.